The van der Waals surface area contributed by atoms with Gasteiger partial charge in [-0.15, -0.1) is 0 Å². The van der Waals surface area contributed by atoms with E-state index in [1.807, 2.05) is 55.1 Å². The van der Waals surface area contributed by atoms with Crippen LogP contribution < -0.4 is 5.32 Å². The number of nitrogens with zero attached hydrogens (tertiary/aromatic N) is 2. The van der Waals surface area contributed by atoms with Crippen molar-refractivity contribution >= 4 is 23.6 Å². The van der Waals surface area contributed by atoms with Crippen LogP contribution in [0.1, 0.15) is 55.4 Å². The molecule has 2 heterocycles. The molecule has 3 amide bonds. The second kappa shape index (κ2) is 10.1. The first kappa shape index (κ1) is 22.8. The normalized spacial score (nSPS) is 20.1. The standard InChI is InChI=1S/C26H31N3O4/c1-3-6-22(30)27-21-13-11-20(12-14-21)24-23(25(31)28-15-4-5-16-28)29(26(32)33-24)17-19-9-7-18(2)8-10-19/h7-14,23-24H,3-6,15-17H2,1-2H3,(H,27,30). The summed E-state index contributed by atoms with van der Waals surface area (Å²) in [6.07, 6.45) is 2.00. The number of carbonyl (C=O) groups excluding carboxylic acids is 3. The topological polar surface area (TPSA) is 79.0 Å². The number of hydrogen-bond acceptors (Lipinski definition) is 4. The third kappa shape index (κ3) is 5.18. The first-order chi connectivity index (χ1) is 16.0. The Morgan fingerprint density at radius 1 is 1.03 bits per heavy atom. The molecule has 2 aromatic rings. The summed E-state index contributed by atoms with van der Waals surface area (Å²) >= 11 is 0. The van der Waals surface area contributed by atoms with Crippen LogP contribution in [-0.2, 0) is 20.9 Å². The zero-order valence-electron chi connectivity index (χ0n) is 19.3. The van der Waals surface area contributed by atoms with E-state index < -0.39 is 18.2 Å². The molecule has 1 N–H and O–H groups in total. The lowest BCUT2D eigenvalue weighted by atomic mass is 9.99. The van der Waals surface area contributed by atoms with Crippen LogP contribution in [0.25, 0.3) is 0 Å². The summed E-state index contributed by atoms with van der Waals surface area (Å²) in [4.78, 5) is 41.7. The van der Waals surface area contributed by atoms with Gasteiger partial charge in [0, 0.05) is 25.2 Å². The second-order valence-electron chi connectivity index (χ2n) is 8.82. The van der Waals surface area contributed by atoms with Gasteiger partial charge in [-0.3, -0.25) is 14.5 Å². The van der Waals surface area contributed by atoms with Crippen molar-refractivity contribution in [3.05, 3.63) is 65.2 Å². The molecule has 2 aromatic carbocycles. The molecule has 0 aromatic heterocycles. The predicted octanol–water partition coefficient (Wildman–Crippen LogP) is 4.42. The van der Waals surface area contributed by atoms with Crippen molar-refractivity contribution in [2.75, 3.05) is 18.4 Å². The Morgan fingerprint density at radius 3 is 2.33 bits per heavy atom. The lowest BCUT2D eigenvalue weighted by Gasteiger charge is -2.28. The van der Waals surface area contributed by atoms with Crippen molar-refractivity contribution in [1.29, 1.82) is 0 Å². The Bertz CT molecular complexity index is 997. The maximum atomic E-state index is 13.5. The molecule has 2 unspecified atom stereocenters. The van der Waals surface area contributed by atoms with E-state index in [4.69, 9.17) is 4.74 Å². The van der Waals surface area contributed by atoms with Crippen LogP contribution in [0.5, 0.6) is 0 Å². The number of rotatable bonds is 7. The van der Waals surface area contributed by atoms with E-state index in [1.54, 1.807) is 17.0 Å². The summed E-state index contributed by atoms with van der Waals surface area (Å²) < 4.78 is 5.76. The van der Waals surface area contributed by atoms with Crippen molar-refractivity contribution in [2.24, 2.45) is 0 Å². The molecule has 0 bridgehead atoms. The molecule has 7 nitrogen and oxygen atoms in total. The highest BCUT2D eigenvalue weighted by Crippen LogP contribution is 2.36. The number of likely N-dealkylation sites (tertiary alicyclic amines) is 1. The third-order valence-corrected chi connectivity index (χ3v) is 6.23. The Balaban J connectivity index is 1.58. The first-order valence-electron chi connectivity index (χ1n) is 11.7. The van der Waals surface area contributed by atoms with Gasteiger partial charge in [-0.1, -0.05) is 48.9 Å². The van der Waals surface area contributed by atoms with Gasteiger partial charge >= 0.3 is 6.09 Å². The fraction of sp³-hybridized carbons (Fsp3) is 0.423. The van der Waals surface area contributed by atoms with Crippen LogP contribution in [0.15, 0.2) is 48.5 Å². The zero-order valence-corrected chi connectivity index (χ0v) is 19.3. The number of carbonyl (C=O) groups is 3. The summed E-state index contributed by atoms with van der Waals surface area (Å²) in [6, 6.07) is 14.4. The predicted molar refractivity (Wildman–Crippen MR) is 126 cm³/mol. The number of nitrogens with one attached hydrogen (secondary N) is 1. The number of benzene rings is 2. The van der Waals surface area contributed by atoms with E-state index in [1.165, 1.54) is 0 Å². The molecular formula is C26H31N3O4. The molecule has 33 heavy (non-hydrogen) atoms. The maximum absolute atomic E-state index is 13.5. The summed E-state index contributed by atoms with van der Waals surface area (Å²) in [6.45, 7) is 5.69. The molecule has 2 aliphatic rings. The van der Waals surface area contributed by atoms with Crippen molar-refractivity contribution in [2.45, 2.75) is 58.2 Å². The fourth-order valence-electron chi connectivity index (χ4n) is 4.42. The van der Waals surface area contributed by atoms with E-state index in [-0.39, 0.29) is 11.8 Å². The van der Waals surface area contributed by atoms with Crippen LogP contribution in [0.4, 0.5) is 10.5 Å². The molecule has 2 aliphatic heterocycles. The maximum Gasteiger partial charge on any atom is 0.411 e. The molecule has 2 fully saturated rings. The van der Waals surface area contributed by atoms with E-state index in [0.29, 0.717) is 31.7 Å². The summed E-state index contributed by atoms with van der Waals surface area (Å²) in [5.41, 5.74) is 3.50. The van der Waals surface area contributed by atoms with Gasteiger partial charge in [-0.05, 0) is 49.4 Å². The minimum Gasteiger partial charge on any atom is -0.438 e. The Hall–Kier alpha value is -3.35. The molecule has 0 radical (unpaired) electrons. The summed E-state index contributed by atoms with van der Waals surface area (Å²) in [5, 5.41) is 2.86. The second-order valence-corrected chi connectivity index (χ2v) is 8.82. The smallest absolute Gasteiger partial charge is 0.411 e. The number of hydrogen-bond donors (Lipinski definition) is 1. The summed E-state index contributed by atoms with van der Waals surface area (Å²) in [7, 11) is 0. The first-order valence-corrected chi connectivity index (χ1v) is 11.7. The minimum atomic E-state index is -0.725. The van der Waals surface area contributed by atoms with Crippen LogP contribution in [0.3, 0.4) is 0 Å². The number of ether oxygens (including phenoxy) is 1. The quantitative estimate of drug-likeness (QED) is 0.679. The van der Waals surface area contributed by atoms with Gasteiger partial charge in [-0.2, -0.15) is 0 Å². The molecule has 2 saturated heterocycles. The zero-order chi connectivity index (χ0) is 23.4. The lowest BCUT2D eigenvalue weighted by molar-refractivity contribution is -0.135. The summed E-state index contributed by atoms with van der Waals surface area (Å²) in [5.74, 6) is -0.111. The van der Waals surface area contributed by atoms with Gasteiger partial charge in [0.1, 0.15) is 0 Å². The van der Waals surface area contributed by atoms with E-state index in [0.717, 1.165) is 36.0 Å². The highest BCUT2D eigenvalue weighted by atomic mass is 16.6. The number of cyclic esters (lactones) is 1. The molecule has 4 rings (SSSR count). The SMILES string of the molecule is CCCC(=O)Nc1ccc(C2OC(=O)N(Cc3ccc(C)cc3)C2C(=O)N2CCCC2)cc1. The average Bonchev–Trinajstić information content (AvgIpc) is 3.45. The van der Waals surface area contributed by atoms with Crippen LogP contribution in [0, 0.1) is 6.92 Å². The largest absolute Gasteiger partial charge is 0.438 e. The van der Waals surface area contributed by atoms with Crippen LogP contribution in [0.2, 0.25) is 0 Å². The third-order valence-electron chi connectivity index (χ3n) is 6.23. The van der Waals surface area contributed by atoms with Gasteiger partial charge in [0.15, 0.2) is 12.1 Å². The molecule has 0 saturated carbocycles. The van der Waals surface area contributed by atoms with Gasteiger partial charge in [-0.25, -0.2) is 4.79 Å². The van der Waals surface area contributed by atoms with E-state index >= 15 is 0 Å². The highest BCUT2D eigenvalue weighted by Gasteiger charge is 2.48. The molecule has 174 valence electrons. The number of amides is 3. The molecule has 2 atom stereocenters. The molecule has 0 aliphatic carbocycles. The minimum absolute atomic E-state index is 0.0381. The number of anilines is 1. The lowest BCUT2D eigenvalue weighted by Crippen LogP contribution is -2.47. The molecular weight excluding hydrogens is 418 g/mol. The van der Waals surface area contributed by atoms with Crippen molar-refractivity contribution in [3.63, 3.8) is 0 Å². The Morgan fingerprint density at radius 2 is 1.70 bits per heavy atom. The Kier molecular flexibility index (Phi) is 6.96. The van der Waals surface area contributed by atoms with Gasteiger partial charge in [0.05, 0.1) is 6.54 Å². The van der Waals surface area contributed by atoms with Crippen LogP contribution >= 0.6 is 0 Å². The van der Waals surface area contributed by atoms with Crippen molar-refractivity contribution < 1.29 is 19.1 Å². The monoisotopic (exact) mass is 449 g/mol. The van der Waals surface area contributed by atoms with E-state index in [9.17, 15) is 14.4 Å². The fourth-order valence-corrected chi connectivity index (χ4v) is 4.42. The van der Waals surface area contributed by atoms with Crippen molar-refractivity contribution in [3.8, 4) is 0 Å². The number of aryl methyl sites for hydroxylation is 1. The highest BCUT2D eigenvalue weighted by molar-refractivity contribution is 5.91. The molecule has 7 heteroatoms. The molecule has 0 spiro atoms. The van der Waals surface area contributed by atoms with Gasteiger partial charge in [0.2, 0.25) is 11.8 Å². The average molecular weight is 450 g/mol. The van der Waals surface area contributed by atoms with Crippen molar-refractivity contribution in [1.82, 2.24) is 9.80 Å². The van der Waals surface area contributed by atoms with E-state index in [2.05, 4.69) is 5.32 Å². The van der Waals surface area contributed by atoms with Crippen LogP contribution in [-0.4, -0.2) is 46.8 Å². The van der Waals surface area contributed by atoms with Gasteiger partial charge in [0.25, 0.3) is 0 Å². The Labute approximate surface area is 194 Å². The van der Waals surface area contributed by atoms with Gasteiger partial charge < -0.3 is 15.0 Å².